The van der Waals surface area contributed by atoms with Gasteiger partial charge in [-0.2, -0.15) is 4.98 Å². The van der Waals surface area contributed by atoms with Gasteiger partial charge >= 0.3 is 0 Å². The Labute approximate surface area is 88.9 Å². The van der Waals surface area contributed by atoms with Crippen molar-refractivity contribution in [2.24, 2.45) is 0 Å². The normalized spacial score (nSPS) is 24.0. The summed E-state index contributed by atoms with van der Waals surface area (Å²) < 4.78 is 5.07. The Hall–Kier alpha value is -0.940. The molecule has 1 aromatic heterocycles. The first-order chi connectivity index (χ1) is 7.25. The summed E-state index contributed by atoms with van der Waals surface area (Å²) in [6, 6.07) is 0.227. The van der Waals surface area contributed by atoms with Crippen LogP contribution in [0, 0.1) is 0 Å². The average Bonchev–Trinajstić information content (AvgIpc) is 2.67. The Bertz CT molecular complexity index is 305. The van der Waals surface area contributed by atoms with Gasteiger partial charge in [-0.25, -0.2) is 0 Å². The second kappa shape index (κ2) is 4.72. The molecule has 2 heterocycles. The second-order valence-corrected chi connectivity index (χ2v) is 4.10. The number of aromatic nitrogens is 2. The molecule has 15 heavy (non-hydrogen) atoms. The SMILES string of the molecule is CC(O)Cc1nc(C2CCCCN2)no1. The first-order valence-corrected chi connectivity index (χ1v) is 5.49. The van der Waals surface area contributed by atoms with Crippen molar-refractivity contribution in [2.75, 3.05) is 6.54 Å². The van der Waals surface area contributed by atoms with Crippen molar-refractivity contribution >= 4 is 0 Å². The van der Waals surface area contributed by atoms with Crippen molar-refractivity contribution in [3.63, 3.8) is 0 Å². The molecule has 1 aliphatic heterocycles. The van der Waals surface area contributed by atoms with Crippen molar-refractivity contribution in [2.45, 2.75) is 44.8 Å². The van der Waals surface area contributed by atoms with E-state index in [-0.39, 0.29) is 6.04 Å². The molecule has 0 amide bonds. The molecule has 1 saturated heterocycles. The molecule has 84 valence electrons. The summed E-state index contributed by atoms with van der Waals surface area (Å²) in [5.41, 5.74) is 0. The maximum absolute atomic E-state index is 9.18. The topological polar surface area (TPSA) is 71.2 Å². The molecule has 5 nitrogen and oxygen atoms in total. The van der Waals surface area contributed by atoms with Gasteiger partial charge in [0.05, 0.1) is 18.6 Å². The van der Waals surface area contributed by atoms with Crippen molar-refractivity contribution in [1.82, 2.24) is 15.5 Å². The number of rotatable bonds is 3. The molecule has 0 spiro atoms. The van der Waals surface area contributed by atoms with Crippen molar-refractivity contribution in [3.8, 4) is 0 Å². The zero-order valence-electron chi connectivity index (χ0n) is 8.94. The van der Waals surface area contributed by atoms with Crippen LogP contribution < -0.4 is 5.32 Å². The molecule has 0 aliphatic carbocycles. The third-order valence-electron chi connectivity index (χ3n) is 2.58. The van der Waals surface area contributed by atoms with Crippen molar-refractivity contribution < 1.29 is 9.63 Å². The van der Waals surface area contributed by atoms with Gasteiger partial charge in [-0.3, -0.25) is 0 Å². The zero-order chi connectivity index (χ0) is 10.7. The van der Waals surface area contributed by atoms with Gasteiger partial charge < -0.3 is 14.9 Å². The molecule has 1 fully saturated rings. The van der Waals surface area contributed by atoms with Gasteiger partial charge in [-0.15, -0.1) is 0 Å². The molecule has 0 radical (unpaired) electrons. The Balaban J connectivity index is 1.99. The molecule has 1 aromatic rings. The molecule has 0 saturated carbocycles. The molecule has 2 rings (SSSR count). The Kier molecular flexibility index (Phi) is 3.33. The van der Waals surface area contributed by atoms with E-state index in [0.717, 1.165) is 18.8 Å². The molecule has 0 bridgehead atoms. The Morgan fingerprint density at radius 3 is 3.13 bits per heavy atom. The minimum absolute atomic E-state index is 0.227. The number of nitrogens with one attached hydrogen (secondary N) is 1. The largest absolute Gasteiger partial charge is 0.393 e. The maximum atomic E-state index is 9.18. The highest BCUT2D eigenvalue weighted by molar-refractivity contribution is 4.96. The number of aliphatic hydroxyl groups excluding tert-OH is 1. The zero-order valence-corrected chi connectivity index (χ0v) is 8.94. The van der Waals surface area contributed by atoms with Gasteiger partial charge in [-0.1, -0.05) is 11.6 Å². The summed E-state index contributed by atoms with van der Waals surface area (Å²) in [5.74, 6) is 1.25. The standard InChI is InChI=1S/C10H17N3O2/c1-7(14)6-9-12-10(13-15-9)8-4-2-3-5-11-8/h7-8,11,14H,2-6H2,1H3. The Morgan fingerprint density at radius 2 is 2.47 bits per heavy atom. The highest BCUT2D eigenvalue weighted by atomic mass is 16.5. The van der Waals surface area contributed by atoms with E-state index in [1.54, 1.807) is 6.92 Å². The lowest BCUT2D eigenvalue weighted by Crippen LogP contribution is -2.27. The minimum atomic E-state index is -0.433. The van der Waals surface area contributed by atoms with E-state index in [2.05, 4.69) is 15.5 Å². The van der Waals surface area contributed by atoms with Crippen molar-refractivity contribution in [1.29, 1.82) is 0 Å². The van der Waals surface area contributed by atoms with Crippen LogP contribution in [0.1, 0.15) is 43.9 Å². The van der Waals surface area contributed by atoms with E-state index in [1.165, 1.54) is 12.8 Å². The van der Waals surface area contributed by atoms with Gasteiger partial charge in [0.2, 0.25) is 5.89 Å². The quantitative estimate of drug-likeness (QED) is 0.774. The van der Waals surface area contributed by atoms with Crippen LogP contribution in [0.4, 0.5) is 0 Å². The summed E-state index contributed by atoms with van der Waals surface area (Å²) >= 11 is 0. The number of hydrogen-bond donors (Lipinski definition) is 2. The monoisotopic (exact) mass is 211 g/mol. The predicted octanol–water partition coefficient (Wildman–Crippen LogP) is 0.807. The van der Waals surface area contributed by atoms with Crippen LogP contribution in [0.15, 0.2) is 4.52 Å². The van der Waals surface area contributed by atoms with E-state index >= 15 is 0 Å². The van der Waals surface area contributed by atoms with Crippen molar-refractivity contribution in [3.05, 3.63) is 11.7 Å². The van der Waals surface area contributed by atoms with Crippen LogP contribution >= 0.6 is 0 Å². The smallest absolute Gasteiger partial charge is 0.229 e. The van der Waals surface area contributed by atoms with Gasteiger partial charge in [-0.05, 0) is 26.3 Å². The Morgan fingerprint density at radius 1 is 1.60 bits per heavy atom. The first kappa shape index (κ1) is 10.6. The lowest BCUT2D eigenvalue weighted by molar-refractivity contribution is 0.181. The number of nitrogens with zero attached hydrogens (tertiary/aromatic N) is 2. The van der Waals surface area contributed by atoms with Crippen LogP contribution in [0.25, 0.3) is 0 Å². The van der Waals surface area contributed by atoms with Gasteiger partial charge in [0.25, 0.3) is 0 Å². The van der Waals surface area contributed by atoms with Gasteiger partial charge in [0.1, 0.15) is 0 Å². The molecule has 1 aliphatic rings. The summed E-state index contributed by atoms with van der Waals surface area (Å²) in [5, 5.41) is 16.5. The number of piperidine rings is 1. The molecule has 2 N–H and O–H groups in total. The number of hydrogen-bond acceptors (Lipinski definition) is 5. The van der Waals surface area contributed by atoms with E-state index in [1.807, 2.05) is 0 Å². The molecule has 5 heteroatoms. The summed E-state index contributed by atoms with van der Waals surface area (Å²) in [4.78, 5) is 4.27. The fourth-order valence-corrected chi connectivity index (χ4v) is 1.82. The first-order valence-electron chi connectivity index (χ1n) is 5.49. The maximum Gasteiger partial charge on any atom is 0.229 e. The lowest BCUT2D eigenvalue weighted by Gasteiger charge is -2.19. The molecule has 0 aromatic carbocycles. The van der Waals surface area contributed by atoms with E-state index in [4.69, 9.17) is 4.52 Å². The average molecular weight is 211 g/mol. The third-order valence-corrected chi connectivity index (χ3v) is 2.58. The summed E-state index contributed by atoms with van der Waals surface area (Å²) in [6.07, 6.45) is 3.48. The van der Waals surface area contributed by atoms with Crippen LogP contribution in [0.5, 0.6) is 0 Å². The summed E-state index contributed by atoms with van der Waals surface area (Å²) in [7, 11) is 0. The third kappa shape index (κ3) is 2.76. The summed E-state index contributed by atoms with van der Waals surface area (Å²) in [6.45, 7) is 2.73. The van der Waals surface area contributed by atoms with E-state index in [0.29, 0.717) is 12.3 Å². The van der Waals surface area contributed by atoms with E-state index < -0.39 is 6.10 Å². The molecular weight excluding hydrogens is 194 g/mol. The van der Waals surface area contributed by atoms with Gasteiger partial charge in [0.15, 0.2) is 5.82 Å². The molecule has 2 unspecified atom stereocenters. The lowest BCUT2D eigenvalue weighted by atomic mass is 10.0. The van der Waals surface area contributed by atoms with Crippen LogP contribution in [0.2, 0.25) is 0 Å². The molecule has 2 atom stereocenters. The number of aliphatic hydroxyl groups is 1. The highest BCUT2D eigenvalue weighted by Gasteiger charge is 2.20. The van der Waals surface area contributed by atoms with Gasteiger partial charge in [0, 0.05) is 0 Å². The minimum Gasteiger partial charge on any atom is -0.393 e. The molecular formula is C10H17N3O2. The highest BCUT2D eigenvalue weighted by Crippen LogP contribution is 2.20. The van der Waals surface area contributed by atoms with Crippen LogP contribution in [0.3, 0.4) is 0 Å². The van der Waals surface area contributed by atoms with Crippen LogP contribution in [-0.4, -0.2) is 27.9 Å². The van der Waals surface area contributed by atoms with E-state index in [9.17, 15) is 5.11 Å². The van der Waals surface area contributed by atoms with Crippen LogP contribution in [-0.2, 0) is 6.42 Å². The fraction of sp³-hybridized carbons (Fsp3) is 0.800. The fourth-order valence-electron chi connectivity index (χ4n) is 1.82. The second-order valence-electron chi connectivity index (χ2n) is 4.10. The predicted molar refractivity (Wildman–Crippen MR) is 54.3 cm³/mol.